The molecule has 1 aromatic carbocycles. The Kier molecular flexibility index (Phi) is 5.61. The molecular weight excluding hydrogens is 332 g/mol. The van der Waals surface area contributed by atoms with Crippen molar-refractivity contribution in [1.29, 1.82) is 0 Å². The van der Waals surface area contributed by atoms with Crippen molar-refractivity contribution in [2.75, 3.05) is 0 Å². The molecule has 2 rings (SSSR count). The molecule has 3 N–H and O–H groups in total. The summed E-state index contributed by atoms with van der Waals surface area (Å²) in [6, 6.07) is 6.17. The normalized spacial score (nSPS) is 17.2. The third-order valence-corrected chi connectivity index (χ3v) is 5.68. The molecule has 24 heavy (non-hydrogen) atoms. The van der Waals surface area contributed by atoms with Gasteiger partial charge in [0.15, 0.2) is 0 Å². The number of hydrogen-bond donors (Lipinski definition) is 3. The van der Waals surface area contributed by atoms with Crippen LogP contribution in [0.3, 0.4) is 0 Å². The zero-order chi connectivity index (χ0) is 17.8. The predicted molar refractivity (Wildman–Crippen MR) is 87.4 cm³/mol. The SMILES string of the molecule is Cc1ccc(S(=O)(=O)NNC(=O)CC2(C(=O)O)CCCCC2)cc1. The molecule has 0 aliphatic heterocycles. The number of carboxylic acids is 1. The quantitative estimate of drug-likeness (QED) is 0.674. The monoisotopic (exact) mass is 354 g/mol. The van der Waals surface area contributed by atoms with Crippen LogP contribution < -0.4 is 10.3 Å². The molecule has 0 aromatic heterocycles. The van der Waals surface area contributed by atoms with E-state index in [9.17, 15) is 23.1 Å². The zero-order valence-corrected chi connectivity index (χ0v) is 14.4. The van der Waals surface area contributed by atoms with E-state index in [0.29, 0.717) is 12.8 Å². The van der Waals surface area contributed by atoms with Gasteiger partial charge in [0.1, 0.15) is 0 Å². The van der Waals surface area contributed by atoms with Gasteiger partial charge < -0.3 is 5.11 Å². The van der Waals surface area contributed by atoms with Gasteiger partial charge in [-0.25, -0.2) is 8.42 Å². The van der Waals surface area contributed by atoms with Gasteiger partial charge in [-0.05, 0) is 31.9 Å². The maximum atomic E-state index is 12.1. The number of carboxylic acid groups (broad SMARTS) is 1. The lowest BCUT2D eigenvalue weighted by atomic mass is 9.72. The minimum atomic E-state index is -3.88. The van der Waals surface area contributed by atoms with Crippen molar-refractivity contribution in [3.63, 3.8) is 0 Å². The van der Waals surface area contributed by atoms with Crippen LogP contribution in [0.25, 0.3) is 0 Å². The lowest BCUT2D eigenvalue weighted by Gasteiger charge is -2.32. The van der Waals surface area contributed by atoms with Crippen LogP contribution in [0.4, 0.5) is 0 Å². The lowest BCUT2D eigenvalue weighted by molar-refractivity contribution is -0.154. The molecule has 1 fully saturated rings. The number of sulfonamides is 1. The van der Waals surface area contributed by atoms with E-state index in [1.807, 2.05) is 11.8 Å². The number of carbonyl (C=O) groups is 2. The van der Waals surface area contributed by atoms with Crippen LogP contribution in [0.1, 0.15) is 44.1 Å². The molecule has 1 aliphatic carbocycles. The molecule has 0 bridgehead atoms. The van der Waals surface area contributed by atoms with Gasteiger partial charge in [0.25, 0.3) is 10.0 Å². The molecule has 1 amide bonds. The van der Waals surface area contributed by atoms with Crippen molar-refractivity contribution in [2.24, 2.45) is 5.41 Å². The lowest BCUT2D eigenvalue weighted by Crippen LogP contribution is -2.45. The van der Waals surface area contributed by atoms with Crippen LogP contribution >= 0.6 is 0 Å². The van der Waals surface area contributed by atoms with Crippen LogP contribution in [-0.4, -0.2) is 25.4 Å². The third-order valence-electron chi connectivity index (χ3n) is 4.42. The molecule has 0 unspecified atom stereocenters. The van der Waals surface area contributed by atoms with Crippen molar-refractivity contribution in [1.82, 2.24) is 10.3 Å². The molecule has 0 spiro atoms. The van der Waals surface area contributed by atoms with Crippen LogP contribution in [0, 0.1) is 12.3 Å². The topological polar surface area (TPSA) is 113 Å². The second-order valence-corrected chi connectivity index (χ2v) is 7.97. The van der Waals surface area contributed by atoms with Crippen molar-refractivity contribution in [3.8, 4) is 0 Å². The van der Waals surface area contributed by atoms with Crippen LogP contribution in [0.15, 0.2) is 29.2 Å². The third kappa shape index (κ3) is 4.33. The first-order valence-electron chi connectivity index (χ1n) is 7.86. The van der Waals surface area contributed by atoms with Crippen molar-refractivity contribution in [3.05, 3.63) is 29.8 Å². The smallest absolute Gasteiger partial charge is 0.310 e. The highest BCUT2D eigenvalue weighted by atomic mass is 32.2. The second-order valence-electron chi connectivity index (χ2n) is 6.29. The highest BCUT2D eigenvalue weighted by molar-refractivity contribution is 7.89. The van der Waals surface area contributed by atoms with Gasteiger partial charge in [-0.15, -0.1) is 4.83 Å². The molecule has 0 saturated heterocycles. The molecule has 7 nitrogen and oxygen atoms in total. The van der Waals surface area contributed by atoms with Crippen molar-refractivity contribution in [2.45, 2.75) is 50.3 Å². The van der Waals surface area contributed by atoms with Gasteiger partial charge >= 0.3 is 5.97 Å². The first-order chi connectivity index (χ1) is 11.3. The number of benzene rings is 1. The van der Waals surface area contributed by atoms with Gasteiger partial charge in [-0.1, -0.05) is 37.0 Å². The summed E-state index contributed by atoms with van der Waals surface area (Å²) in [5.41, 5.74) is 1.94. The summed E-state index contributed by atoms with van der Waals surface area (Å²) in [4.78, 5) is 25.6. The first kappa shape index (κ1) is 18.4. The van der Waals surface area contributed by atoms with E-state index in [2.05, 4.69) is 5.43 Å². The van der Waals surface area contributed by atoms with E-state index in [-0.39, 0.29) is 11.3 Å². The minimum absolute atomic E-state index is 0.0269. The van der Waals surface area contributed by atoms with Gasteiger partial charge in [-0.2, -0.15) is 0 Å². The molecule has 1 aliphatic rings. The molecular formula is C16H22N2O5S. The largest absolute Gasteiger partial charge is 0.481 e. The number of aryl methyl sites for hydroxylation is 1. The fourth-order valence-corrected chi connectivity index (χ4v) is 3.81. The fraction of sp³-hybridized carbons (Fsp3) is 0.500. The average molecular weight is 354 g/mol. The Morgan fingerprint density at radius 3 is 2.25 bits per heavy atom. The van der Waals surface area contributed by atoms with Crippen LogP contribution in [0.5, 0.6) is 0 Å². The van der Waals surface area contributed by atoms with E-state index in [1.165, 1.54) is 12.1 Å². The Bertz CT molecular complexity index is 706. The first-order valence-corrected chi connectivity index (χ1v) is 9.34. The summed E-state index contributed by atoms with van der Waals surface area (Å²) in [6.45, 7) is 1.83. The summed E-state index contributed by atoms with van der Waals surface area (Å²) in [5.74, 6) is -1.64. The molecule has 8 heteroatoms. The maximum Gasteiger partial charge on any atom is 0.310 e. The van der Waals surface area contributed by atoms with Crippen LogP contribution in [0.2, 0.25) is 0 Å². The molecule has 0 radical (unpaired) electrons. The zero-order valence-electron chi connectivity index (χ0n) is 13.5. The molecule has 132 valence electrons. The number of hydrogen-bond acceptors (Lipinski definition) is 4. The Labute approximate surface area is 141 Å². The highest BCUT2D eigenvalue weighted by Gasteiger charge is 2.41. The minimum Gasteiger partial charge on any atom is -0.481 e. The van der Waals surface area contributed by atoms with Gasteiger partial charge in [0.05, 0.1) is 10.3 Å². The van der Waals surface area contributed by atoms with E-state index >= 15 is 0 Å². The predicted octanol–water partition coefficient (Wildman–Crippen LogP) is 1.73. The van der Waals surface area contributed by atoms with Crippen molar-refractivity contribution >= 4 is 21.9 Å². The summed E-state index contributed by atoms with van der Waals surface area (Å²) in [7, 11) is -3.88. The number of nitrogens with one attached hydrogen (secondary N) is 2. The fourth-order valence-electron chi connectivity index (χ4n) is 2.95. The van der Waals surface area contributed by atoms with E-state index in [4.69, 9.17) is 0 Å². The Balaban J connectivity index is 1.99. The van der Waals surface area contributed by atoms with Crippen molar-refractivity contribution < 1.29 is 23.1 Å². The number of aliphatic carboxylic acids is 1. The summed E-state index contributed by atoms with van der Waals surface area (Å²) < 4.78 is 24.2. The summed E-state index contributed by atoms with van der Waals surface area (Å²) in [6.07, 6.45) is 3.10. The standard InChI is InChI=1S/C16H22N2O5S/c1-12-5-7-13(8-6-12)24(22,23)18-17-14(19)11-16(15(20)21)9-3-2-4-10-16/h5-8,18H,2-4,9-11H2,1H3,(H,17,19)(H,20,21). The van der Waals surface area contributed by atoms with Gasteiger partial charge in [-0.3, -0.25) is 15.0 Å². The maximum absolute atomic E-state index is 12.1. The Morgan fingerprint density at radius 1 is 1.12 bits per heavy atom. The number of hydrazine groups is 1. The molecule has 1 aromatic rings. The second kappa shape index (κ2) is 7.31. The highest BCUT2D eigenvalue weighted by Crippen LogP contribution is 2.39. The number of amides is 1. The molecule has 1 saturated carbocycles. The Morgan fingerprint density at radius 2 is 1.71 bits per heavy atom. The number of carbonyl (C=O) groups excluding carboxylic acids is 1. The summed E-state index contributed by atoms with van der Waals surface area (Å²) in [5, 5.41) is 9.45. The van der Waals surface area contributed by atoms with Gasteiger partial charge in [0, 0.05) is 6.42 Å². The Hall–Kier alpha value is -1.93. The van der Waals surface area contributed by atoms with Crippen LogP contribution in [-0.2, 0) is 19.6 Å². The molecule has 0 heterocycles. The van der Waals surface area contributed by atoms with E-state index in [1.54, 1.807) is 12.1 Å². The van der Waals surface area contributed by atoms with E-state index in [0.717, 1.165) is 24.8 Å². The summed E-state index contributed by atoms with van der Waals surface area (Å²) >= 11 is 0. The van der Waals surface area contributed by atoms with E-state index < -0.39 is 27.3 Å². The number of rotatable bonds is 6. The molecule has 0 atom stereocenters. The average Bonchev–Trinajstić information content (AvgIpc) is 2.54. The van der Waals surface area contributed by atoms with Gasteiger partial charge in [0.2, 0.25) is 5.91 Å².